The van der Waals surface area contributed by atoms with Crippen molar-refractivity contribution < 1.29 is 9.53 Å². The lowest BCUT2D eigenvalue weighted by Crippen LogP contribution is -2.05. The van der Waals surface area contributed by atoms with Crippen LogP contribution in [0.5, 0.6) is 5.75 Å². The first-order valence-corrected chi connectivity index (χ1v) is 9.99. The van der Waals surface area contributed by atoms with Crippen molar-refractivity contribution in [3.63, 3.8) is 0 Å². The number of hydrogen-bond donors (Lipinski definition) is 1. The number of nitrogens with one attached hydrogen (secondary N) is 1. The van der Waals surface area contributed by atoms with Crippen LogP contribution >= 0.6 is 11.3 Å². The minimum absolute atomic E-state index is 0.0362. The van der Waals surface area contributed by atoms with Crippen LogP contribution in [-0.4, -0.2) is 22.9 Å². The molecule has 2 aromatic heterocycles. The van der Waals surface area contributed by atoms with E-state index in [4.69, 9.17) is 4.74 Å². The first-order chi connectivity index (χ1) is 14.2. The molecule has 2 heterocycles. The number of Topliss-reactive ketones (excluding diaryl/α,β-unsaturated/α-hetero) is 1. The van der Waals surface area contributed by atoms with Crippen LogP contribution in [0.4, 0.5) is 11.6 Å². The molecule has 4 rings (SSSR count). The van der Waals surface area contributed by atoms with E-state index in [1.165, 1.54) is 4.88 Å². The highest BCUT2D eigenvalue weighted by molar-refractivity contribution is 7.13. The number of carbonyl (C=O) groups is 1. The molecule has 0 saturated carbocycles. The molecule has 2 aromatic carbocycles. The Labute approximate surface area is 173 Å². The van der Waals surface area contributed by atoms with E-state index < -0.39 is 0 Å². The van der Waals surface area contributed by atoms with Crippen molar-refractivity contribution in [1.29, 1.82) is 0 Å². The number of nitrogens with zero attached hydrogens (tertiary/aromatic N) is 2. The van der Waals surface area contributed by atoms with Gasteiger partial charge in [0.2, 0.25) is 5.95 Å². The Morgan fingerprint density at radius 2 is 1.83 bits per heavy atom. The summed E-state index contributed by atoms with van der Waals surface area (Å²) < 4.78 is 5.47. The lowest BCUT2D eigenvalue weighted by molar-refractivity contribution is 0.0992. The second-order valence-corrected chi connectivity index (χ2v) is 7.33. The second-order valence-electron chi connectivity index (χ2n) is 6.38. The van der Waals surface area contributed by atoms with Crippen molar-refractivity contribution in [3.05, 3.63) is 89.6 Å². The average molecular weight is 401 g/mol. The maximum atomic E-state index is 12.9. The maximum Gasteiger partial charge on any atom is 0.227 e. The van der Waals surface area contributed by atoms with Crippen molar-refractivity contribution in [2.75, 3.05) is 12.4 Å². The van der Waals surface area contributed by atoms with E-state index in [9.17, 15) is 4.79 Å². The lowest BCUT2D eigenvalue weighted by atomic mass is 9.99. The molecule has 0 aliphatic carbocycles. The molecule has 5 nitrogen and oxygen atoms in total. The number of aromatic nitrogens is 2. The molecule has 0 spiro atoms. The van der Waals surface area contributed by atoms with Gasteiger partial charge in [-0.3, -0.25) is 4.79 Å². The van der Waals surface area contributed by atoms with Crippen LogP contribution in [0.25, 0.3) is 10.4 Å². The van der Waals surface area contributed by atoms with Crippen LogP contribution in [0.3, 0.4) is 0 Å². The molecule has 0 atom stereocenters. The third-order valence-electron chi connectivity index (χ3n) is 4.47. The SMILES string of the molecule is COc1ccc(-c2cccs2)cc1CC(=O)c1ccc(Nc2ncccn2)cc1. The van der Waals surface area contributed by atoms with Crippen molar-refractivity contribution in [2.45, 2.75) is 6.42 Å². The van der Waals surface area contributed by atoms with E-state index >= 15 is 0 Å². The molecule has 0 saturated heterocycles. The van der Waals surface area contributed by atoms with Gasteiger partial charge in [0.1, 0.15) is 5.75 Å². The normalized spacial score (nSPS) is 10.5. The fourth-order valence-corrected chi connectivity index (χ4v) is 3.74. The van der Waals surface area contributed by atoms with Gasteiger partial charge >= 0.3 is 0 Å². The average Bonchev–Trinajstić information content (AvgIpc) is 3.30. The molecule has 144 valence electrons. The molecule has 0 aliphatic rings. The summed E-state index contributed by atoms with van der Waals surface area (Å²) >= 11 is 1.67. The topological polar surface area (TPSA) is 64.1 Å². The van der Waals surface area contributed by atoms with Crippen LogP contribution in [0.15, 0.2) is 78.4 Å². The van der Waals surface area contributed by atoms with Crippen molar-refractivity contribution in [2.24, 2.45) is 0 Å². The van der Waals surface area contributed by atoms with Gasteiger partial charge in [0, 0.05) is 40.5 Å². The van der Waals surface area contributed by atoms with Crippen LogP contribution < -0.4 is 10.1 Å². The number of ketones is 1. The summed E-state index contributed by atoms with van der Waals surface area (Å²) in [6.45, 7) is 0. The molecule has 0 unspecified atom stereocenters. The molecule has 29 heavy (non-hydrogen) atoms. The first kappa shape index (κ1) is 18.8. The van der Waals surface area contributed by atoms with Gasteiger partial charge < -0.3 is 10.1 Å². The summed E-state index contributed by atoms with van der Waals surface area (Å²) in [6.07, 6.45) is 3.62. The molecule has 1 N–H and O–H groups in total. The van der Waals surface area contributed by atoms with Crippen LogP contribution in [0.2, 0.25) is 0 Å². The predicted octanol–water partition coefficient (Wildman–Crippen LogP) is 5.38. The highest BCUT2D eigenvalue weighted by atomic mass is 32.1. The molecule has 0 radical (unpaired) electrons. The standard InChI is InChI=1S/C23H19N3O2S/c1-28-21-10-7-17(22-4-2-13-29-22)14-18(21)15-20(27)16-5-8-19(9-6-16)26-23-24-11-3-12-25-23/h2-14H,15H2,1H3,(H,24,25,26). The Hall–Kier alpha value is -3.51. The number of ether oxygens (including phenoxy) is 1. The van der Waals surface area contributed by atoms with Crippen molar-refractivity contribution in [1.82, 2.24) is 9.97 Å². The quantitative estimate of drug-likeness (QED) is 0.421. The number of methoxy groups -OCH3 is 1. The van der Waals surface area contributed by atoms with Gasteiger partial charge in [0.15, 0.2) is 5.78 Å². The van der Waals surface area contributed by atoms with Crippen molar-refractivity contribution in [3.8, 4) is 16.2 Å². The summed E-state index contributed by atoms with van der Waals surface area (Å²) in [5.41, 5.74) is 3.44. The lowest BCUT2D eigenvalue weighted by Gasteiger charge is -2.10. The van der Waals surface area contributed by atoms with Gasteiger partial charge in [-0.25, -0.2) is 9.97 Å². The van der Waals surface area contributed by atoms with E-state index in [1.807, 2.05) is 53.9 Å². The van der Waals surface area contributed by atoms with Gasteiger partial charge in [-0.05, 0) is 65.5 Å². The van der Waals surface area contributed by atoms with Crippen molar-refractivity contribution >= 4 is 28.8 Å². The van der Waals surface area contributed by atoms with E-state index in [1.54, 1.807) is 36.9 Å². The largest absolute Gasteiger partial charge is 0.496 e. The number of anilines is 2. The minimum Gasteiger partial charge on any atom is -0.496 e. The highest BCUT2D eigenvalue weighted by Crippen LogP contribution is 2.30. The Morgan fingerprint density at radius 3 is 2.52 bits per heavy atom. The number of rotatable bonds is 7. The second kappa shape index (κ2) is 8.67. The fraction of sp³-hybridized carbons (Fsp3) is 0.0870. The molecular formula is C23H19N3O2S. The Balaban J connectivity index is 1.51. The maximum absolute atomic E-state index is 12.9. The zero-order valence-electron chi connectivity index (χ0n) is 15.8. The molecule has 0 amide bonds. The number of hydrogen-bond acceptors (Lipinski definition) is 6. The fourth-order valence-electron chi connectivity index (χ4n) is 3.02. The Bertz CT molecular complexity index is 1090. The van der Waals surface area contributed by atoms with Gasteiger partial charge in [-0.15, -0.1) is 11.3 Å². The van der Waals surface area contributed by atoms with E-state index in [0.717, 1.165) is 22.6 Å². The third-order valence-corrected chi connectivity index (χ3v) is 5.38. The summed E-state index contributed by atoms with van der Waals surface area (Å²) in [5, 5.41) is 5.15. The van der Waals surface area contributed by atoms with E-state index in [-0.39, 0.29) is 12.2 Å². The van der Waals surface area contributed by atoms with E-state index in [2.05, 4.69) is 21.4 Å². The molecular weight excluding hydrogens is 382 g/mol. The first-order valence-electron chi connectivity index (χ1n) is 9.11. The number of benzene rings is 2. The summed E-state index contributed by atoms with van der Waals surface area (Å²) in [5.74, 6) is 1.27. The monoisotopic (exact) mass is 401 g/mol. The predicted molar refractivity (Wildman–Crippen MR) is 116 cm³/mol. The van der Waals surface area contributed by atoms with Gasteiger partial charge in [0.05, 0.1) is 7.11 Å². The Morgan fingerprint density at radius 1 is 1.03 bits per heavy atom. The van der Waals surface area contributed by atoms with Crippen LogP contribution in [0.1, 0.15) is 15.9 Å². The molecule has 0 fully saturated rings. The molecule has 0 bridgehead atoms. The highest BCUT2D eigenvalue weighted by Gasteiger charge is 2.13. The summed E-state index contributed by atoms with van der Waals surface area (Å²) in [6, 6.07) is 19.1. The van der Waals surface area contributed by atoms with Crippen LogP contribution in [-0.2, 0) is 6.42 Å². The number of thiophene rings is 1. The Kier molecular flexibility index (Phi) is 5.63. The molecule has 6 heteroatoms. The summed E-state index contributed by atoms with van der Waals surface area (Å²) in [7, 11) is 1.63. The zero-order valence-corrected chi connectivity index (χ0v) is 16.6. The number of carbonyl (C=O) groups excluding carboxylic acids is 1. The van der Waals surface area contributed by atoms with Crippen LogP contribution in [0, 0.1) is 0 Å². The molecule has 0 aliphatic heterocycles. The third kappa shape index (κ3) is 4.50. The van der Waals surface area contributed by atoms with Gasteiger partial charge in [-0.1, -0.05) is 6.07 Å². The summed E-state index contributed by atoms with van der Waals surface area (Å²) in [4.78, 5) is 22.3. The zero-order chi connectivity index (χ0) is 20.1. The molecule has 4 aromatic rings. The van der Waals surface area contributed by atoms with E-state index in [0.29, 0.717) is 11.5 Å². The van der Waals surface area contributed by atoms with Gasteiger partial charge in [0.25, 0.3) is 0 Å². The van der Waals surface area contributed by atoms with Gasteiger partial charge in [-0.2, -0.15) is 0 Å². The smallest absolute Gasteiger partial charge is 0.227 e. The minimum atomic E-state index is 0.0362.